The van der Waals surface area contributed by atoms with Gasteiger partial charge in [0, 0.05) is 12.8 Å². The fourth-order valence-electron chi connectivity index (χ4n) is 11.7. The maximum absolute atomic E-state index is 12.9. The van der Waals surface area contributed by atoms with Gasteiger partial charge in [0.05, 0.1) is 27.7 Å². The van der Waals surface area contributed by atoms with Crippen LogP contribution in [0, 0.1) is 0 Å². The van der Waals surface area contributed by atoms with Crippen LogP contribution in [-0.2, 0) is 32.7 Å². The zero-order valence-electron chi connectivity index (χ0n) is 63.6. The van der Waals surface area contributed by atoms with Crippen molar-refractivity contribution in [2.45, 2.75) is 380 Å². The number of quaternary nitrogens is 1. The number of phosphoric acid groups is 1. The molecule has 0 saturated heterocycles. The van der Waals surface area contributed by atoms with Crippen molar-refractivity contribution in [1.29, 1.82) is 0 Å². The molecular formula is C86H155NO8P+. The van der Waals surface area contributed by atoms with Crippen LogP contribution in [0.5, 0.6) is 0 Å². The summed E-state index contributed by atoms with van der Waals surface area (Å²) in [6, 6.07) is 0. The molecular weight excluding hydrogens is 1210 g/mol. The van der Waals surface area contributed by atoms with Crippen molar-refractivity contribution in [3.8, 4) is 0 Å². The van der Waals surface area contributed by atoms with Crippen LogP contribution >= 0.6 is 7.82 Å². The number of allylic oxidation sites excluding steroid dienone is 18. The number of hydrogen-bond donors (Lipinski definition) is 1. The van der Waals surface area contributed by atoms with Crippen molar-refractivity contribution in [2.24, 2.45) is 0 Å². The molecule has 2 atom stereocenters. The fourth-order valence-corrected chi connectivity index (χ4v) is 12.4. The first kappa shape index (κ1) is 92.7. The fraction of sp³-hybridized carbons (Fsp3) is 0.767. The number of rotatable bonds is 75. The molecule has 0 aromatic rings. The predicted molar refractivity (Wildman–Crippen MR) is 418 cm³/mol. The lowest BCUT2D eigenvalue weighted by molar-refractivity contribution is -0.870. The van der Waals surface area contributed by atoms with Gasteiger partial charge in [-0.2, -0.15) is 0 Å². The van der Waals surface area contributed by atoms with Gasteiger partial charge in [0.15, 0.2) is 6.10 Å². The smallest absolute Gasteiger partial charge is 0.462 e. The van der Waals surface area contributed by atoms with E-state index in [2.05, 4.69) is 123 Å². The van der Waals surface area contributed by atoms with E-state index in [-0.39, 0.29) is 25.6 Å². The molecule has 10 heteroatoms. The van der Waals surface area contributed by atoms with Crippen LogP contribution in [0.3, 0.4) is 0 Å². The molecule has 0 spiro atoms. The summed E-state index contributed by atoms with van der Waals surface area (Å²) in [6.07, 6.45) is 108. The third-order valence-electron chi connectivity index (χ3n) is 17.8. The highest BCUT2D eigenvalue weighted by molar-refractivity contribution is 7.47. The van der Waals surface area contributed by atoms with Gasteiger partial charge in [0.25, 0.3) is 0 Å². The quantitative estimate of drug-likeness (QED) is 0.0211. The summed E-state index contributed by atoms with van der Waals surface area (Å²) >= 11 is 0. The van der Waals surface area contributed by atoms with E-state index < -0.39 is 26.5 Å². The van der Waals surface area contributed by atoms with E-state index in [9.17, 15) is 19.0 Å². The molecule has 0 saturated carbocycles. The van der Waals surface area contributed by atoms with Crippen LogP contribution in [0.1, 0.15) is 373 Å². The molecule has 0 bridgehead atoms. The summed E-state index contributed by atoms with van der Waals surface area (Å²) in [7, 11) is 1.49. The summed E-state index contributed by atoms with van der Waals surface area (Å²) in [6.45, 7) is 4.26. The number of carbonyl (C=O) groups is 2. The van der Waals surface area contributed by atoms with Crippen LogP contribution in [0.4, 0.5) is 0 Å². The molecule has 0 aromatic heterocycles. The number of likely N-dealkylation sites (N-methyl/N-ethyl adjacent to an activating group) is 1. The Morgan fingerprint density at radius 3 is 0.833 bits per heavy atom. The van der Waals surface area contributed by atoms with Crippen LogP contribution in [-0.4, -0.2) is 74.9 Å². The third kappa shape index (κ3) is 79.7. The molecule has 0 fully saturated rings. The number of hydrogen-bond acceptors (Lipinski definition) is 7. The first-order valence-electron chi connectivity index (χ1n) is 40.6. The first-order chi connectivity index (χ1) is 47.0. The molecule has 0 aliphatic rings. The molecule has 0 aromatic carbocycles. The van der Waals surface area contributed by atoms with Gasteiger partial charge in [-0.3, -0.25) is 18.6 Å². The standard InChI is InChI=1S/C86H154NO8P/c1-6-8-10-12-14-16-18-20-22-24-26-28-30-32-34-36-38-40-42-43-45-47-49-51-53-55-57-59-61-63-65-67-69-71-73-75-77-79-86(89)95-84(83-94-96(90,91)93-81-80-87(3,4)5)82-92-85(88)78-76-74-72-70-68-66-64-62-60-58-56-54-52-50-48-46-44-41-39-37-35-33-31-29-27-25-23-21-19-17-15-13-11-9-7-2/h8-11,14-17,20-23,26-29,32,34,84H,6-7,12-13,18-19,24-25,30-31,33,35-83H2,1-5H3/p+1/b10-8-,11-9-,16-14-,17-15-,22-20-,23-21-,28-26-,29-27-,34-32-. The van der Waals surface area contributed by atoms with E-state index in [4.69, 9.17) is 18.5 Å². The number of esters is 2. The van der Waals surface area contributed by atoms with Crippen LogP contribution in [0.15, 0.2) is 109 Å². The number of carbonyl (C=O) groups excluding carboxylic acids is 2. The number of phosphoric ester groups is 1. The Morgan fingerprint density at radius 2 is 0.562 bits per heavy atom. The molecule has 0 heterocycles. The Labute approximate surface area is 595 Å². The molecule has 9 nitrogen and oxygen atoms in total. The van der Waals surface area contributed by atoms with E-state index in [0.717, 1.165) is 89.9 Å². The highest BCUT2D eigenvalue weighted by Gasteiger charge is 2.27. The third-order valence-corrected chi connectivity index (χ3v) is 18.8. The van der Waals surface area contributed by atoms with Crippen LogP contribution in [0.2, 0.25) is 0 Å². The Morgan fingerprint density at radius 1 is 0.323 bits per heavy atom. The maximum atomic E-state index is 12.9. The number of ether oxygens (including phenoxy) is 2. The monoisotopic (exact) mass is 1360 g/mol. The SMILES string of the molecule is CC/C=C\C/C=C\C/C=C\C/C=C\C/C=C\CCCCCCCCCCCCCCCCCCCCCCCC(=O)OC(COC(=O)CCCCCCCCCCCCCCCCCCCCCCCC/C=C\C/C=C\C/C=C\C/C=C\CC)COP(=O)(O)OCC[N+](C)(C)C. The second-order valence-electron chi connectivity index (χ2n) is 28.4. The van der Waals surface area contributed by atoms with Gasteiger partial charge in [-0.25, -0.2) is 4.57 Å². The second kappa shape index (κ2) is 75.9. The normalized spacial score (nSPS) is 13.6. The minimum atomic E-state index is -4.40. The van der Waals surface area contributed by atoms with Gasteiger partial charge in [0.2, 0.25) is 0 Å². The molecule has 0 radical (unpaired) electrons. The molecule has 0 rings (SSSR count). The van der Waals surface area contributed by atoms with E-state index >= 15 is 0 Å². The predicted octanol–water partition coefficient (Wildman–Crippen LogP) is 27.2. The van der Waals surface area contributed by atoms with E-state index in [0.29, 0.717) is 23.9 Å². The van der Waals surface area contributed by atoms with Gasteiger partial charge in [-0.1, -0.05) is 374 Å². The summed E-state index contributed by atoms with van der Waals surface area (Å²) in [5.74, 6) is -0.779. The molecule has 0 amide bonds. The average Bonchev–Trinajstić information content (AvgIpc) is 2.72. The molecule has 96 heavy (non-hydrogen) atoms. The zero-order valence-corrected chi connectivity index (χ0v) is 64.5. The van der Waals surface area contributed by atoms with Gasteiger partial charge in [-0.15, -0.1) is 0 Å². The van der Waals surface area contributed by atoms with Gasteiger partial charge in [-0.05, 0) is 96.3 Å². The van der Waals surface area contributed by atoms with Gasteiger partial charge < -0.3 is 18.9 Å². The summed E-state index contributed by atoms with van der Waals surface area (Å²) in [5.41, 5.74) is 0. The van der Waals surface area contributed by atoms with Gasteiger partial charge >= 0.3 is 19.8 Å². The highest BCUT2D eigenvalue weighted by Crippen LogP contribution is 2.43. The second-order valence-corrected chi connectivity index (χ2v) is 29.8. The van der Waals surface area contributed by atoms with Crippen molar-refractivity contribution in [1.82, 2.24) is 0 Å². The van der Waals surface area contributed by atoms with E-state index in [1.165, 1.54) is 250 Å². The highest BCUT2D eigenvalue weighted by atomic mass is 31.2. The lowest BCUT2D eigenvalue weighted by Gasteiger charge is -2.24. The first-order valence-corrected chi connectivity index (χ1v) is 42.1. The van der Waals surface area contributed by atoms with Crippen LogP contribution < -0.4 is 0 Å². The van der Waals surface area contributed by atoms with Crippen molar-refractivity contribution < 1.29 is 42.1 Å². The Balaban J connectivity index is 3.92. The molecule has 556 valence electrons. The molecule has 2 unspecified atom stereocenters. The molecule has 0 aliphatic heterocycles. The number of nitrogens with zero attached hydrogens (tertiary/aromatic N) is 1. The van der Waals surface area contributed by atoms with Crippen molar-refractivity contribution >= 4 is 19.8 Å². The Bertz CT molecular complexity index is 1990. The Kier molecular flexibility index (Phi) is 73.2. The zero-order chi connectivity index (χ0) is 69.7. The lowest BCUT2D eigenvalue weighted by atomic mass is 10.0. The largest absolute Gasteiger partial charge is 0.472 e. The molecule has 1 N–H and O–H groups in total. The van der Waals surface area contributed by atoms with Crippen LogP contribution in [0.25, 0.3) is 0 Å². The average molecular weight is 1360 g/mol. The summed E-state index contributed by atoms with van der Waals surface area (Å²) in [5, 5.41) is 0. The Hall–Kier alpha value is -3.33. The van der Waals surface area contributed by atoms with Gasteiger partial charge in [0.1, 0.15) is 19.8 Å². The minimum absolute atomic E-state index is 0.0318. The van der Waals surface area contributed by atoms with Crippen molar-refractivity contribution in [3.05, 3.63) is 109 Å². The van der Waals surface area contributed by atoms with E-state index in [1.807, 2.05) is 21.1 Å². The summed E-state index contributed by atoms with van der Waals surface area (Å²) < 4.78 is 34.9. The molecule has 0 aliphatic carbocycles. The maximum Gasteiger partial charge on any atom is 0.472 e. The van der Waals surface area contributed by atoms with Crippen molar-refractivity contribution in [3.63, 3.8) is 0 Å². The minimum Gasteiger partial charge on any atom is -0.462 e. The topological polar surface area (TPSA) is 108 Å². The lowest BCUT2D eigenvalue weighted by Crippen LogP contribution is -2.37. The summed E-state index contributed by atoms with van der Waals surface area (Å²) in [4.78, 5) is 36.0. The number of unbranched alkanes of at least 4 members (excludes halogenated alkanes) is 43. The van der Waals surface area contributed by atoms with E-state index in [1.54, 1.807) is 0 Å². The van der Waals surface area contributed by atoms with Crippen molar-refractivity contribution in [2.75, 3.05) is 47.5 Å².